The lowest BCUT2D eigenvalue weighted by atomic mass is 9.88. The van der Waals surface area contributed by atoms with E-state index in [9.17, 15) is 0 Å². The average Bonchev–Trinajstić information content (AvgIpc) is 3.13. The molecule has 0 spiro atoms. The van der Waals surface area contributed by atoms with E-state index in [-0.39, 0.29) is 0 Å². The summed E-state index contributed by atoms with van der Waals surface area (Å²) in [5.41, 5.74) is 4.68. The monoisotopic (exact) mass is 291 g/mol. The Balaban J connectivity index is 1.60. The van der Waals surface area contributed by atoms with Gasteiger partial charge in [0, 0.05) is 12.5 Å². The van der Waals surface area contributed by atoms with Gasteiger partial charge in [-0.15, -0.1) is 0 Å². The summed E-state index contributed by atoms with van der Waals surface area (Å²) in [5, 5.41) is 0. The van der Waals surface area contributed by atoms with Crippen LogP contribution in [-0.2, 0) is 0 Å². The predicted octanol–water partition coefficient (Wildman–Crippen LogP) is 4.65. The standard InChI is InChI=1S/C21H25N/c1-22-12-11-16(15-22)13-18-14-21(17-7-3-2-4-8-17)20-10-6-5-9-19(18)20/h2-10,16,18,21H,11-15H2,1H3/t16-,18+,21-/m1/s1. The van der Waals surface area contributed by atoms with Crippen LogP contribution in [0.5, 0.6) is 0 Å². The average molecular weight is 291 g/mol. The third-order valence-corrected chi connectivity index (χ3v) is 5.64. The highest BCUT2D eigenvalue weighted by Crippen LogP contribution is 2.48. The van der Waals surface area contributed by atoms with Crippen molar-refractivity contribution in [1.29, 1.82) is 0 Å². The molecule has 1 heterocycles. The molecule has 0 unspecified atom stereocenters. The summed E-state index contributed by atoms with van der Waals surface area (Å²) in [5.74, 6) is 2.23. The van der Waals surface area contributed by atoms with Gasteiger partial charge in [0.25, 0.3) is 0 Å². The summed E-state index contributed by atoms with van der Waals surface area (Å²) in [7, 11) is 2.26. The molecule has 22 heavy (non-hydrogen) atoms. The maximum Gasteiger partial charge on any atom is 0.00979 e. The Morgan fingerprint density at radius 2 is 1.68 bits per heavy atom. The lowest BCUT2D eigenvalue weighted by molar-refractivity contribution is 0.374. The fraction of sp³-hybridized carbons (Fsp3) is 0.429. The van der Waals surface area contributed by atoms with Gasteiger partial charge in [0.15, 0.2) is 0 Å². The van der Waals surface area contributed by atoms with Gasteiger partial charge < -0.3 is 4.90 Å². The molecule has 0 amide bonds. The van der Waals surface area contributed by atoms with Crippen LogP contribution in [0.2, 0.25) is 0 Å². The third kappa shape index (κ3) is 2.59. The summed E-state index contributed by atoms with van der Waals surface area (Å²) in [6, 6.07) is 20.2. The molecule has 1 saturated heterocycles. The van der Waals surface area contributed by atoms with Gasteiger partial charge in [-0.25, -0.2) is 0 Å². The number of benzene rings is 2. The van der Waals surface area contributed by atoms with Crippen LogP contribution < -0.4 is 0 Å². The van der Waals surface area contributed by atoms with Gasteiger partial charge in [-0.05, 0) is 61.4 Å². The van der Waals surface area contributed by atoms with E-state index >= 15 is 0 Å². The van der Waals surface area contributed by atoms with E-state index in [1.807, 2.05) is 0 Å². The van der Waals surface area contributed by atoms with Crippen LogP contribution in [0.15, 0.2) is 54.6 Å². The van der Waals surface area contributed by atoms with E-state index in [1.165, 1.54) is 37.9 Å². The number of rotatable bonds is 3. The summed E-state index contributed by atoms with van der Waals surface area (Å²) in [6.45, 7) is 2.57. The quantitative estimate of drug-likeness (QED) is 0.796. The predicted molar refractivity (Wildman–Crippen MR) is 92.3 cm³/mol. The maximum absolute atomic E-state index is 2.49. The van der Waals surface area contributed by atoms with Crippen molar-refractivity contribution in [2.24, 2.45) is 5.92 Å². The van der Waals surface area contributed by atoms with E-state index in [2.05, 4.69) is 66.5 Å². The summed E-state index contributed by atoms with van der Waals surface area (Å²) in [4.78, 5) is 2.49. The van der Waals surface area contributed by atoms with E-state index < -0.39 is 0 Å². The molecule has 0 saturated carbocycles. The van der Waals surface area contributed by atoms with Gasteiger partial charge in [0.2, 0.25) is 0 Å². The molecule has 3 atom stereocenters. The van der Waals surface area contributed by atoms with Crippen molar-refractivity contribution in [2.45, 2.75) is 31.1 Å². The van der Waals surface area contributed by atoms with Gasteiger partial charge in [-0.1, -0.05) is 54.6 Å². The minimum absolute atomic E-state index is 0.599. The van der Waals surface area contributed by atoms with Gasteiger partial charge in [-0.3, -0.25) is 0 Å². The van der Waals surface area contributed by atoms with Crippen molar-refractivity contribution >= 4 is 0 Å². The van der Waals surface area contributed by atoms with E-state index in [0.29, 0.717) is 5.92 Å². The number of hydrogen-bond donors (Lipinski definition) is 0. The highest BCUT2D eigenvalue weighted by atomic mass is 15.1. The Hall–Kier alpha value is -1.60. The Kier molecular flexibility index (Phi) is 3.75. The number of nitrogens with zero attached hydrogens (tertiary/aromatic N) is 1. The minimum atomic E-state index is 0.599. The Morgan fingerprint density at radius 3 is 2.41 bits per heavy atom. The van der Waals surface area contributed by atoms with Crippen molar-refractivity contribution in [2.75, 3.05) is 20.1 Å². The molecule has 2 aromatic rings. The largest absolute Gasteiger partial charge is 0.306 e. The number of fused-ring (bicyclic) bond motifs is 1. The van der Waals surface area contributed by atoms with Crippen LogP contribution in [0.25, 0.3) is 0 Å². The minimum Gasteiger partial charge on any atom is -0.306 e. The molecule has 4 rings (SSSR count). The maximum atomic E-state index is 2.49. The summed E-state index contributed by atoms with van der Waals surface area (Å²) >= 11 is 0. The molecule has 1 heteroatoms. The molecule has 114 valence electrons. The molecule has 1 aliphatic heterocycles. The smallest absolute Gasteiger partial charge is 0.00979 e. The Morgan fingerprint density at radius 1 is 0.955 bits per heavy atom. The van der Waals surface area contributed by atoms with Crippen LogP contribution in [0.1, 0.15) is 47.8 Å². The lowest BCUT2D eigenvalue weighted by Crippen LogP contribution is -2.15. The lowest BCUT2D eigenvalue weighted by Gasteiger charge is -2.17. The first-order valence-corrected chi connectivity index (χ1v) is 8.63. The summed E-state index contributed by atoms with van der Waals surface area (Å²) in [6.07, 6.45) is 4.04. The Labute approximate surface area is 134 Å². The molecule has 1 fully saturated rings. The zero-order chi connectivity index (χ0) is 14.9. The van der Waals surface area contributed by atoms with Crippen LogP contribution in [0.4, 0.5) is 0 Å². The van der Waals surface area contributed by atoms with Crippen molar-refractivity contribution < 1.29 is 0 Å². The van der Waals surface area contributed by atoms with Crippen molar-refractivity contribution in [3.8, 4) is 0 Å². The topological polar surface area (TPSA) is 3.24 Å². The van der Waals surface area contributed by atoms with Crippen LogP contribution in [0.3, 0.4) is 0 Å². The molecular formula is C21H25N. The second-order valence-corrected chi connectivity index (χ2v) is 7.18. The fourth-order valence-electron chi connectivity index (χ4n) is 4.58. The zero-order valence-corrected chi connectivity index (χ0v) is 13.4. The van der Waals surface area contributed by atoms with Crippen molar-refractivity contribution in [3.05, 3.63) is 71.3 Å². The highest BCUT2D eigenvalue weighted by Gasteiger charge is 2.34. The molecule has 1 nitrogen and oxygen atoms in total. The van der Waals surface area contributed by atoms with Gasteiger partial charge in [0.1, 0.15) is 0 Å². The van der Waals surface area contributed by atoms with Crippen molar-refractivity contribution in [1.82, 2.24) is 4.90 Å². The Bertz CT molecular complexity index is 633. The molecule has 0 bridgehead atoms. The molecule has 0 radical (unpaired) electrons. The first-order chi connectivity index (χ1) is 10.8. The molecule has 0 N–H and O–H groups in total. The first-order valence-electron chi connectivity index (χ1n) is 8.63. The van der Waals surface area contributed by atoms with Gasteiger partial charge >= 0.3 is 0 Å². The van der Waals surface area contributed by atoms with E-state index in [1.54, 1.807) is 11.1 Å². The fourth-order valence-corrected chi connectivity index (χ4v) is 4.58. The number of hydrogen-bond acceptors (Lipinski definition) is 1. The van der Waals surface area contributed by atoms with Gasteiger partial charge in [0.05, 0.1) is 0 Å². The van der Waals surface area contributed by atoms with Crippen LogP contribution in [-0.4, -0.2) is 25.0 Å². The molecule has 0 aromatic heterocycles. The SMILES string of the molecule is CN1CC[C@H](C[C@H]2C[C@H](c3ccccc3)c3ccccc32)C1. The van der Waals surface area contributed by atoms with E-state index in [4.69, 9.17) is 0 Å². The molecule has 2 aliphatic rings. The number of likely N-dealkylation sites (tertiary alicyclic amines) is 1. The van der Waals surface area contributed by atoms with Crippen molar-refractivity contribution in [3.63, 3.8) is 0 Å². The molecular weight excluding hydrogens is 266 g/mol. The second kappa shape index (κ2) is 5.89. The first kappa shape index (κ1) is 14.0. The van der Waals surface area contributed by atoms with Crippen LogP contribution >= 0.6 is 0 Å². The van der Waals surface area contributed by atoms with Crippen LogP contribution in [0, 0.1) is 5.92 Å². The normalized spacial score (nSPS) is 28.0. The summed E-state index contributed by atoms with van der Waals surface area (Å²) < 4.78 is 0. The second-order valence-electron chi connectivity index (χ2n) is 7.18. The van der Waals surface area contributed by atoms with Gasteiger partial charge in [-0.2, -0.15) is 0 Å². The molecule has 2 aromatic carbocycles. The zero-order valence-electron chi connectivity index (χ0n) is 13.4. The molecule has 1 aliphatic carbocycles. The highest BCUT2D eigenvalue weighted by molar-refractivity contribution is 5.44. The van der Waals surface area contributed by atoms with E-state index in [0.717, 1.165) is 11.8 Å². The third-order valence-electron chi connectivity index (χ3n) is 5.64.